The van der Waals surface area contributed by atoms with E-state index in [1.54, 1.807) is 0 Å². The zero-order chi connectivity index (χ0) is 11.4. The number of hydrogen-bond acceptors (Lipinski definition) is 3. The SMILES string of the molecule is CCN(CC)CCCn1cc2c(n1)CNC2. The van der Waals surface area contributed by atoms with E-state index in [9.17, 15) is 0 Å². The first-order valence-electron chi connectivity index (χ1n) is 6.31. The third-order valence-corrected chi connectivity index (χ3v) is 3.29. The van der Waals surface area contributed by atoms with E-state index in [2.05, 4.69) is 40.0 Å². The Hall–Kier alpha value is -0.870. The van der Waals surface area contributed by atoms with Gasteiger partial charge in [-0.25, -0.2) is 0 Å². The van der Waals surface area contributed by atoms with Gasteiger partial charge < -0.3 is 10.2 Å². The highest BCUT2D eigenvalue weighted by Crippen LogP contribution is 2.12. The first-order valence-corrected chi connectivity index (χ1v) is 6.31. The van der Waals surface area contributed by atoms with Crippen molar-refractivity contribution in [2.75, 3.05) is 19.6 Å². The lowest BCUT2D eigenvalue weighted by atomic mass is 10.3. The Morgan fingerprint density at radius 2 is 2.19 bits per heavy atom. The summed E-state index contributed by atoms with van der Waals surface area (Å²) in [5.74, 6) is 0. The minimum atomic E-state index is 0.943. The maximum absolute atomic E-state index is 4.57. The van der Waals surface area contributed by atoms with Crippen molar-refractivity contribution in [1.82, 2.24) is 20.0 Å². The van der Waals surface area contributed by atoms with E-state index in [0.29, 0.717) is 0 Å². The van der Waals surface area contributed by atoms with E-state index in [1.807, 2.05) is 0 Å². The lowest BCUT2D eigenvalue weighted by Gasteiger charge is -2.17. The fourth-order valence-electron chi connectivity index (χ4n) is 2.23. The van der Waals surface area contributed by atoms with Gasteiger partial charge in [0.05, 0.1) is 5.69 Å². The fourth-order valence-corrected chi connectivity index (χ4v) is 2.23. The molecule has 0 aromatic carbocycles. The Labute approximate surface area is 97.6 Å². The molecular formula is C12H22N4. The van der Waals surface area contributed by atoms with Gasteiger partial charge in [0.15, 0.2) is 0 Å². The molecule has 2 heterocycles. The van der Waals surface area contributed by atoms with Crippen LogP contribution in [0.3, 0.4) is 0 Å². The normalized spacial score (nSPS) is 14.7. The zero-order valence-electron chi connectivity index (χ0n) is 10.4. The first-order chi connectivity index (χ1) is 7.83. The van der Waals surface area contributed by atoms with Gasteiger partial charge in [0.1, 0.15) is 0 Å². The zero-order valence-corrected chi connectivity index (χ0v) is 10.4. The molecule has 1 aromatic rings. The van der Waals surface area contributed by atoms with Crippen molar-refractivity contribution >= 4 is 0 Å². The van der Waals surface area contributed by atoms with Gasteiger partial charge in [-0.2, -0.15) is 5.10 Å². The molecule has 16 heavy (non-hydrogen) atoms. The first kappa shape index (κ1) is 11.6. The van der Waals surface area contributed by atoms with E-state index in [1.165, 1.54) is 24.2 Å². The molecule has 0 atom stereocenters. The Kier molecular flexibility index (Phi) is 3.96. The van der Waals surface area contributed by atoms with Crippen LogP contribution in [0.25, 0.3) is 0 Å². The Balaban J connectivity index is 1.77. The van der Waals surface area contributed by atoms with Crippen LogP contribution in [0.2, 0.25) is 0 Å². The highest BCUT2D eigenvalue weighted by atomic mass is 15.3. The molecule has 0 radical (unpaired) electrons. The summed E-state index contributed by atoms with van der Waals surface area (Å²) in [5, 5.41) is 7.88. The summed E-state index contributed by atoms with van der Waals surface area (Å²) >= 11 is 0. The van der Waals surface area contributed by atoms with Gasteiger partial charge in [-0.1, -0.05) is 13.8 Å². The number of aromatic nitrogens is 2. The van der Waals surface area contributed by atoms with Crippen LogP contribution < -0.4 is 5.32 Å². The van der Waals surface area contributed by atoms with Crippen molar-refractivity contribution in [3.05, 3.63) is 17.5 Å². The molecule has 1 aromatic heterocycles. The molecule has 0 unspecified atom stereocenters. The molecule has 4 heteroatoms. The van der Waals surface area contributed by atoms with Crippen molar-refractivity contribution in [1.29, 1.82) is 0 Å². The molecular weight excluding hydrogens is 200 g/mol. The maximum Gasteiger partial charge on any atom is 0.0807 e. The second-order valence-corrected chi connectivity index (χ2v) is 4.35. The summed E-state index contributed by atoms with van der Waals surface area (Å²) < 4.78 is 2.11. The van der Waals surface area contributed by atoms with E-state index >= 15 is 0 Å². The number of nitrogens with zero attached hydrogens (tertiary/aromatic N) is 3. The number of rotatable bonds is 6. The quantitative estimate of drug-likeness (QED) is 0.785. The molecule has 0 spiro atoms. The highest BCUT2D eigenvalue weighted by Gasteiger charge is 2.13. The Morgan fingerprint density at radius 1 is 1.38 bits per heavy atom. The van der Waals surface area contributed by atoms with Crippen molar-refractivity contribution in [2.24, 2.45) is 0 Å². The smallest absolute Gasteiger partial charge is 0.0807 e. The van der Waals surface area contributed by atoms with E-state index < -0.39 is 0 Å². The molecule has 1 aliphatic rings. The van der Waals surface area contributed by atoms with Crippen LogP contribution in [-0.2, 0) is 19.6 Å². The van der Waals surface area contributed by atoms with Crippen LogP contribution in [0.4, 0.5) is 0 Å². The van der Waals surface area contributed by atoms with E-state index in [4.69, 9.17) is 0 Å². The molecule has 0 saturated carbocycles. The molecule has 1 aliphatic heterocycles. The lowest BCUT2D eigenvalue weighted by molar-refractivity contribution is 0.291. The number of hydrogen-bond donors (Lipinski definition) is 1. The largest absolute Gasteiger partial charge is 0.307 e. The summed E-state index contributed by atoms with van der Waals surface area (Å²) in [5.41, 5.74) is 2.62. The average molecular weight is 222 g/mol. The van der Waals surface area contributed by atoms with Crippen molar-refractivity contribution in [3.63, 3.8) is 0 Å². The predicted molar refractivity (Wildman–Crippen MR) is 65.2 cm³/mol. The number of nitrogens with one attached hydrogen (secondary N) is 1. The Morgan fingerprint density at radius 3 is 2.88 bits per heavy atom. The standard InChI is InChI=1S/C12H22N4/c1-3-15(4-2)6-5-7-16-10-11-8-13-9-12(11)14-16/h10,13H,3-9H2,1-2H3. The van der Waals surface area contributed by atoms with Crippen LogP contribution >= 0.6 is 0 Å². The van der Waals surface area contributed by atoms with E-state index in [0.717, 1.165) is 32.7 Å². The molecule has 90 valence electrons. The fraction of sp³-hybridized carbons (Fsp3) is 0.750. The topological polar surface area (TPSA) is 33.1 Å². The van der Waals surface area contributed by atoms with Gasteiger partial charge in [-0.05, 0) is 26.1 Å². The molecule has 0 amide bonds. The molecule has 1 N–H and O–H groups in total. The molecule has 0 bridgehead atoms. The third-order valence-electron chi connectivity index (χ3n) is 3.29. The van der Waals surface area contributed by atoms with Crippen LogP contribution in [0.15, 0.2) is 6.20 Å². The van der Waals surface area contributed by atoms with Gasteiger partial charge in [0, 0.05) is 31.4 Å². The van der Waals surface area contributed by atoms with Crippen LogP contribution in [0, 0.1) is 0 Å². The Bertz CT molecular complexity index is 306. The lowest BCUT2D eigenvalue weighted by Crippen LogP contribution is -2.25. The number of fused-ring (bicyclic) bond motifs is 1. The van der Waals surface area contributed by atoms with Crippen molar-refractivity contribution in [3.8, 4) is 0 Å². The summed E-state index contributed by atoms with van der Waals surface area (Å²) in [7, 11) is 0. The van der Waals surface area contributed by atoms with Crippen molar-refractivity contribution in [2.45, 2.75) is 39.9 Å². The highest BCUT2D eigenvalue weighted by molar-refractivity contribution is 5.20. The van der Waals surface area contributed by atoms with Gasteiger partial charge >= 0.3 is 0 Å². The minimum absolute atomic E-state index is 0.943. The molecule has 0 aliphatic carbocycles. The monoisotopic (exact) mass is 222 g/mol. The van der Waals surface area contributed by atoms with Gasteiger partial charge in [-0.3, -0.25) is 4.68 Å². The van der Waals surface area contributed by atoms with Crippen molar-refractivity contribution < 1.29 is 0 Å². The molecule has 0 saturated heterocycles. The summed E-state index contributed by atoms with van der Waals surface area (Å²) in [6.45, 7) is 10.9. The minimum Gasteiger partial charge on any atom is -0.307 e. The summed E-state index contributed by atoms with van der Waals surface area (Å²) in [6.07, 6.45) is 3.38. The van der Waals surface area contributed by atoms with Crippen LogP contribution in [-0.4, -0.2) is 34.3 Å². The van der Waals surface area contributed by atoms with E-state index in [-0.39, 0.29) is 0 Å². The maximum atomic E-state index is 4.57. The second-order valence-electron chi connectivity index (χ2n) is 4.35. The summed E-state index contributed by atoms with van der Waals surface area (Å²) in [6, 6.07) is 0. The predicted octanol–water partition coefficient (Wildman–Crippen LogP) is 1.22. The molecule has 4 nitrogen and oxygen atoms in total. The van der Waals surface area contributed by atoms with Crippen LogP contribution in [0.1, 0.15) is 31.5 Å². The second kappa shape index (κ2) is 5.46. The summed E-state index contributed by atoms with van der Waals surface area (Å²) in [4.78, 5) is 2.46. The molecule has 2 rings (SSSR count). The van der Waals surface area contributed by atoms with Crippen LogP contribution in [0.5, 0.6) is 0 Å². The molecule has 0 fully saturated rings. The number of aryl methyl sites for hydroxylation is 1. The average Bonchev–Trinajstić information content (AvgIpc) is 2.84. The van der Waals surface area contributed by atoms with Gasteiger partial charge in [0.25, 0.3) is 0 Å². The van der Waals surface area contributed by atoms with Gasteiger partial charge in [0.2, 0.25) is 0 Å². The third kappa shape index (κ3) is 2.62. The van der Waals surface area contributed by atoms with Gasteiger partial charge in [-0.15, -0.1) is 0 Å².